The summed E-state index contributed by atoms with van der Waals surface area (Å²) < 4.78 is 14.9. The molecule has 0 saturated carbocycles. The number of hydrogen-bond donors (Lipinski definition) is 0. The van der Waals surface area contributed by atoms with Gasteiger partial charge in [-0.25, -0.2) is 4.39 Å². The monoisotopic (exact) mass is 178 g/mol. The number of carbonyl (C=O) groups excluding carboxylic acids is 1. The summed E-state index contributed by atoms with van der Waals surface area (Å²) >= 11 is 0. The molecule has 0 N–H and O–H groups in total. The molecule has 0 aliphatic heterocycles. The third-order valence-corrected chi connectivity index (χ3v) is 1.90. The van der Waals surface area contributed by atoms with Crippen LogP contribution in [0, 0.1) is 5.82 Å². The molecule has 0 bridgehead atoms. The number of aromatic nitrogens is 2. The molecule has 2 rings (SSSR count). The van der Waals surface area contributed by atoms with E-state index in [1.165, 1.54) is 10.7 Å². The van der Waals surface area contributed by atoms with Crippen LogP contribution in [0.2, 0.25) is 0 Å². The van der Waals surface area contributed by atoms with E-state index < -0.39 is 5.82 Å². The molecule has 0 aliphatic carbocycles. The van der Waals surface area contributed by atoms with Gasteiger partial charge in [-0.1, -0.05) is 0 Å². The number of nitrogens with zero attached hydrogens (tertiary/aromatic N) is 2. The summed E-state index contributed by atoms with van der Waals surface area (Å²) in [7, 11) is 1.71. The number of rotatable bonds is 1. The summed E-state index contributed by atoms with van der Waals surface area (Å²) in [5, 5.41) is 4.39. The highest BCUT2D eigenvalue weighted by Gasteiger charge is 2.08. The Kier molecular flexibility index (Phi) is 1.62. The minimum atomic E-state index is -0.499. The van der Waals surface area contributed by atoms with Crippen LogP contribution in [0.1, 0.15) is 10.4 Å². The minimum absolute atomic E-state index is 0.0699. The average Bonchev–Trinajstić information content (AvgIpc) is 2.47. The van der Waals surface area contributed by atoms with Crippen molar-refractivity contribution in [3.8, 4) is 0 Å². The number of halogens is 1. The van der Waals surface area contributed by atoms with Crippen molar-refractivity contribution in [1.82, 2.24) is 9.78 Å². The largest absolute Gasteiger partial charge is 0.298 e. The number of fused-ring (bicyclic) bond motifs is 1. The molecule has 4 heteroatoms. The van der Waals surface area contributed by atoms with Gasteiger partial charge in [0.15, 0.2) is 6.29 Å². The lowest BCUT2D eigenvalue weighted by molar-refractivity contribution is 0.112. The minimum Gasteiger partial charge on any atom is -0.298 e. The molecule has 3 nitrogen and oxygen atoms in total. The van der Waals surface area contributed by atoms with Crippen LogP contribution in [0.5, 0.6) is 0 Å². The van der Waals surface area contributed by atoms with Crippen LogP contribution < -0.4 is 0 Å². The number of aldehydes is 1. The summed E-state index contributed by atoms with van der Waals surface area (Å²) in [4.78, 5) is 10.4. The molecule has 66 valence electrons. The first-order chi connectivity index (χ1) is 6.22. The second kappa shape index (κ2) is 2.65. The fourth-order valence-electron chi connectivity index (χ4n) is 1.29. The quantitative estimate of drug-likeness (QED) is 0.620. The molecule has 2 aromatic rings. The van der Waals surface area contributed by atoms with E-state index in [1.807, 2.05) is 0 Å². The standard InChI is InChI=1S/C9H7FN2O/c1-12-4-7-8(11-12)3-2-6(5-13)9(7)10/h2-5H,1H3. The van der Waals surface area contributed by atoms with Gasteiger partial charge in [0.05, 0.1) is 16.5 Å². The average molecular weight is 178 g/mol. The third-order valence-electron chi connectivity index (χ3n) is 1.90. The number of benzene rings is 1. The molecule has 0 unspecified atom stereocenters. The van der Waals surface area contributed by atoms with Crippen molar-refractivity contribution in [1.29, 1.82) is 0 Å². The van der Waals surface area contributed by atoms with Crippen molar-refractivity contribution in [3.63, 3.8) is 0 Å². The Balaban J connectivity index is 2.85. The molecule has 1 heterocycles. The molecule has 0 spiro atoms. The second-order valence-electron chi connectivity index (χ2n) is 2.82. The highest BCUT2D eigenvalue weighted by molar-refractivity contribution is 5.87. The first-order valence-electron chi connectivity index (χ1n) is 3.79. The van der Waals surface area contributed by atoms with E-state index in [2.05, 4.69) is 5.10 Å². The summed E-state index contributed by atoms with van der Waals surface area (Å²) in [5.74, 6) is -0.499. The lowest BCUT2D eigenvalue weighted by atomic mass is 10.1. The van der Waals surface area contributed by atoms with Gasteiger partial charge in [-0.2, -0.15) is 5.10 Å². The highest BCUT2D eigenvalue weighted by Crippen LogP contribution is 2.18. The lowest BCUT2D eigenvalue weighted by Gasteiger charge is -1.93. The van der Waals surface area contributed by atoms with Crippen molar-refractivity contribution in [3.05, 3.63) is 29.7 Å². The lowest BCUT2D eigenvalue weighted by Crippen LogP contribution is -1.86. The van der Waals surface area contributed by atoms with Gasteiger partial charge in [0.2, 0.25) is 0 Å². The zero-order chi connectivity index (χ0) is 9.42. The Bertz CT molecular complexity index is 476. The van der Waals surface area contributed by atoms with Crippen LogP contribution in [0.3, 0.4) is 0 Å². The predicted octanol–water partition coefficient (Wildman–Crippen LogP) is 1.52. The molecule has 1 aromatic carbocycles. The number of aryl methyl sites for hydroxylation is 1. The maximum absolute atomic E-state index is 13.4. The molecule has 1 aromatic heterocycles. The smallest absolute Gasteiger partial charge is 0.153 e. The highest BCUT2D eigenvalue weighted by atomic mass is 19.1. The maximum Gasteiger partial charge on any atom is 0.153 e. The van der Waals surface area contributed by atoms with Gasteiger partial charge in [0.25, 0.3) is 0 Å². The van der Waals surface area contributed by atoms with E-state index in [4.69, 9.17) is 0 Å². The second-order valence-corrected chi connectivity index (χ2v) is 2.82. The SMILES string of the molecule is Cn1cc2c(F)c(C=O)ccc2n1. The maximum atomic E-state index is 13.4. The van der Waals surface area contributed by atoms with Crippen LogP contribution in [0.15, 0.2) is 18.3 Å². The Hall–Kier alpha value is -1.71. The molecule has 0 atom stereocenters. The van der Waals surface area contributed by atoms with E-state index in [0.717, 1.165) is 0 Å². The zero-order valence-electron chi connectivity index (χ0n) is 6.99. The van der Waals surface area contributed by atoms with Gasteiger partial charge in [-0.05, 0) is 12.1 Å². The van der Waals surface area contributed by atoms with E-state index in [9.17, 15) is 9.18 Å². The van der Waals surface area contributed by atoms with Crippen LogP contribution in [0.25, 0.3) is 10.9 Å². The molecular formula is C9H7FN2O. The van der Waals surface area contributed by atoms with E-state index >= 15 is 0 Å². The fourth-order valence-corrected chi connectivity index (χ4v) is 1.29. The van der Waals surface area contributed by atoms with Crippen LogP contribution in [0.4, 0.5) is 4.39 Å². The van der Waals surface area contributed by atoms with Gasteiger partial charge < -0.3 is 0 Å². The van der Waals surface area contributed by atoms with Gasteiger partial charge in [-0.15, -0.1) is 0 Å². The summed E-state index contributed by atoms with van der Waals surface area (Å²) in [6.07, 6.45) is 2.06. The Labute approximate surface area is 73.8 Å². The van der Waals surface area contributed by atoms with Crippen molar-refractivity contribution in [2.75, 3.05) is 0 Å². The normalized spacial score (nSPS) is 10.6. The van der Waals surface area contributed by atoms with Crippen molar-refractivity contribution in [2.45, 2.75) is 0 Å². The Morgan fingerprint density at radius 1 is 1.54 bits per heavy atom. The summed E-state index contributed by atoms with van der Waals surface area (Å²) in [5.41, 5.74) is 0.631. The van der Waals surface area contributed by atoms with Crippen LogP contribution >= 0.6 is 0 Å². The molecule has 0 saturated heterocycles. The molecule has 0 aliphatic rings. The fraction of sp³-hybridized carbons (Fsp3) is 0.111. The topological polar surface area (TPSA) is 34.9 Å². The molecule has 13 heavy (non-hydrogen) atoms. The Morgan fingerprint density at radius 2 is 2.31 bits per heavy atom. The number of carbonyl (C=O) groups is 1. The number of hydrogen-bond acceptors (Lipinski definition) is 2. The van der Waals surface area contributed by atoms with E-state index in [0.29, 0.717) is 17.2 Å². The van der Waals surface area contributed by atoms with Gasteiger partial charge in [0.1, 0.15) is 5.82 Å². The summed E-state index contributed by atoms with van der Waals surface area (Å²) in [6.45, 7) is 0. The summed E-state index contributed by atoms with van der Waals surface area (Å²) in [6, 6.07) is 3.06. The predicted molar refractivity (Wildman–Crippen MR) is 46.1 cm³/mol. The van der Waals surface area contributed by atoms with Crippen LogP contribution in [-0.4, -0.2) is 16.1 Å². The molecule has 0 amide bonds. The first-order valence-corrected chi connectivity index (χ1v) is 3.79. The van der Waals surface area contributed by atoms with Gasteiger partial charge in [-0.3, -0.25) is 9.48 Å². The van der Waals surface area contributed by atoms with Gasteiger partial charge in [0, 0.05) is 13.2 Å². The molecule has 0 radical (unpaired) electrons. The third kappa shape index (κ3) is 1.11. The first kappa shape index (κ1) is 7.91. The molecular weight excluding hydrogens is 171 g/mol. The van der Waals surface area contributed by atoms with E-state index in [1.54, 1.807) is 19.3 Å². The van der Waals surface area contributed by atoms with Gasteiger partial charge >= 0.3 is 0 Å². The van der Waals surface area contributed by atoms with Crippen LogP contribution in [-0.2, 0) is 7.05 Å². The van der Waals surface area contributed by atoms with E-state index in [-0.39, 0.29) is 5.56 Å². The Morgan fingerprint density at radius 3 is 3.00 bits per heavy atom. The zero-order valence-corrected chi connectivity index (χ0v) is 6.99. The van der Waals surface area contributed by atoms with Crippen molar-refractivity contribution < 1.29 is 9.18 Å². The molecule has 0 fully saturated rings. The van der Waals surface area contributed by atoms with Crippen molar-refractivity contribution >= 4 is 17.2 Å². The van der Waals surface area contributed by atoms with Crippen molar-refractivity contribution in [2.24, 2.45) is 7.05 Å².